The Hall–Kier alpha value is -1.78. The standard InChI is InChI=1S/C9H11N3O2/c10-9-6-2-1-5-11-7(6)3-4-8(9)12(13)14/h3-4,11H,1-2,5,10H2. The highest BCUT2D eigenvalue weighted by molar-refractivity contribution is 5.73. The quantitative estimate of drug-likeness (QED) is 0.402. The van der Waals surface area contributed by atoms with Crippen LogP contribution in [0.25, 0.3) is 0 Å². The second-order valence-electron chi connectivity index (χ2n) is 3.31. The third kappa shape index (κ3) is 1.26. The maximum Gasteiger partial charge on any atom is 0.292 e. The number of hydrogen-bond acceptors (Lipinski definition) is 4. The van der Waals surface area contributed by atoms with E-state index in [9.17, 15) is 10.1 Å². The summed E-state index contributed by atoms with van der Waals surface area (Å²) in [5.41, 5.74) is 7.85. The molecule has 5 nitrogen and oxygen atoms in total. The minimum Gasteiger partial charge on any atom is -0.393 e. The van der Waals surface area contributed by atoms with Gasteiger partial charge < -0.3 is 11.1 Å². The zero-order valence-corrected chi connectivity index (χ0v) is 7.62. The molecule has 14 heavy (non-hydrogen) atoms. The monoisotopic (exact) mass is 193 g/mol. The van der Waals surface area contributed by atoms with E-state index in [2.05, 4.69) is 5.32 Å². The van der Waals surface area contributed by atoms with Crippen LogP contribution in [0.15, 0.2) is 12.1 Å². The molecule has 0 amide bonds. The van der Waals surface area contributed by atoms with E-state index in [1.54, 1.807) is 6.07 Å². The summed E-state index contributed by atoms with van der Waals surface area (Å²) in [7, 11) is 0. The summed E-state index contributed by atoms with van der Waals surface area (Å²) < 4.78 is 0. The Labute approximate surface area is 81.1 Å². The maximum atomic E-state index is 10.6. The van der Waals surface area contributed by atoms with Gasteiger partial charge in [0.25, 0.3) is 5.69 Å². The topological polar surface area (TPSA) is 81.2 Å². The number of nitrogens with one attached hydrogen (secondary N) is 1. The predicted octanol–water partition coefficient (Wildman–Crippen LogP) is 1.54. The van der Waals surface area contributed by atoms with Gasteiger partial charge in [-0.3, -0.25) is 10.1 Å². The molecule has 0 unspecified atom stereocenters. The number of rotatable bonds is 1. The maximum absolute atomic E-state index is 10.6. The van der Waals surface area contributed by atoms with Crippen molar-refractivity contribution in [1.82, 2.24) is 0 Å². The predicted molar refractivity (Wildman–Crippen MR) is 54.3 cm³/mol. The highest BCUT2D eigenvalue weighted by Crippen LogP contribution is 2.33. The minimum atomic E-state index is -0.440. The van der Waals surface area contributed by atoms with Gasteiger partial charge in [-0.2, -0.15) is 0 Å². The van der Waals surface area contributed by atoms with Crippen molar-refractivity contribution in [3.8, 4) is 0 Å². The van der Waals surface area contributed by atoms with Gasteiger partial charge in [0.15, 0.2) is 0 Å². The first-order valence-electron chi connectivity index (χ1n) is 4.50. The Kier molecular flexibility index (Phi) is 1.99. The molecular formula is C9H11N3O2. The van der Waals surface area contributed by atoms with Crippen molar-refractivity contribution < 1.29 is 4.92 Å². The number of fused-ring (bicyclic) bond motifs is 1. The van der Waals surface area contributed by atoms with E-state index in [1.165, 1.54) is 6.07 Å². The molecule has 0 radical (unpaired) electrons. The van der Waals surface area contributed by atoms with Crippen LogP contribution < -0.4 is 11.1 Å². The van der Waals surface area contributed by atoms with Gasteiger partial charge in [0.1, 0.15) is 5.69 Å². The van der Waals surface area contributed by atoms with Gasteiger partial charge in [0, 0.05) is 23.9 Å². The molecule has 0 fully saturated rings. The second-order valence-corrected chi connectivity index (χ2v) is 3.31. The smallest absolute Gasteiger partial charge is 0.292 e. The first-order valence-corrected chi connectivity index (χ1v) is 4.50. The van der Waals surface area contributed by atoms with Gasteiger partial charge in [0.05, 0.1) is 4.92 Å². The first-order chi connectivity index (χ1) is 6.70. The lowest BCUT2D eigenvalue weighted by atomic mass is 10.0. The number of benzene rings is 1. The van der Waals surface area contributed by atoms with E-state index in [4.69, 9.17) is 5.73 Å². The number of nitrogens with zero attached hydrogens (tertiary/aromatic N) is 1. The van der Waals surface area contributed by atoms with Crippen LogP contribution in [0, 0.1) is 10.1 Å². The van der Waals surface area contributed by atoms with Crippen molar-refractivity contribution in [2.45, 2.75) is 12.8 Å². The van der Waals surface area contributed by atoms with Gasteiger partial charge in [0.2, 0.25) is 0 Å². The molecule has 74 valence electrons. The molecule has 0 saturated carbocycles. The van der Waals surface area contributed by atoms with E-state index in [1.807, 2.05) is 0 Å². The molecule has 0 bridgehead atoms. The lowest BCUT2D eigenvalue weighted by molar-refractivity contribution is -0.383. The number of anilines is 2. The van der Waals surface area contributed by atoms with E-state index >= 15 is 0 Å². The SMILES string of the molecule is Nc1c([N+](=O)[O-])ccc2c1CCCN2. The number of hydrogen-bond donors (Lipinski definition) is 2. The molecular weight excluding hydrogens is 182 g/mol. The molecule has 1 aromatic rings. The van der Waals surface area contributed by atoms with E-state index < -0.39 is 4.92 Å². The summed E-state index contributed by atoms with van der Waals surface area (Å²) in [5, 5.41) is 13.8. The average Bonchev–Trinajstić information content (AvgIpc) is 2.18. The van der Waals surface area contributed by atoms with Crippen LogP contribution in [-0.2, 0) is 6.42 Å². The van der Waals surface area contributed by atoms with Crippen LogP contribution in [0.3, 0.4) is 0 Å². The highest BCUT2D eigenvalue weighted by Gasteiger charge is 2.19. The summed E-state index contributed by atoms with van der Waals surface area (Å²) in [5.74, 6) is 0. The Morgan fingerprint density at radius 2 is 2.29 bits per heavy atom. The van der Waals surface area contributed by atoms with E-state index in [-0.39, 0.29) is 5.69 Å². The number of nitro benzene ring substituents is 1. The van der Waals surface area contributed by atoms with Crippen LogP contribution in [0.2, 0.25) is 0 Å². The largest absolute Gasteiger partial charge is 0.393 e. The van der Waals surface area contributed by atoms with Crippen molar-refractivity contribution in [3.05, 3.63) is 27.8 Å². The molecule has 0 aliphatic carbocycles. The van der Waals surface area contributed by atoms with Crippen molar-refractivity contribution in [2.75, 3.05) is 17.6 Å². The van der Waals surface area contributed by atoms with Gasteiger partial charge in [-0.15, -0.1) is 0 Å². The molecule has 3 N–H and O–H groups in total. The van der Waals surface area contributed by atoms with E-state index in [0.29, 0.717) is 5.69 Å². The van der Waals surface area contributed by atoms with E-state index in [0.717, 1.165) is 30.6 Å². The molecule has 2 rings (SSSR count). The van der Waals surface area contributed by atoms with Crippen molar-refractivity contribution in [3.63, 3.8) is 0 Å². The summed E-state index contributed by atoms with van der Waals surface area (Å²) in [6.07, 6.45) is 1.79. The normalized spacial score (nSPS) is 14.3. The fourth-order valence-corrected chi connectivity index (χ4v) is 1.73. The summed E-state index contributed by atoms with van der Waals surface area (Å²) >= 11 is 0. The molecule has 0 atom stereocenters. The Bertz CT molecular complexity index is 390. The number of nitrogens with two attached hydrogens (primary N) is 1. The number of nitrogen functional groups attached to an aromatic ring is 1. The summed E-state index contributed by atoms with van der Waals surface area (Å²) in [6, 6.07) is 3.18. The molecule has 1 aliphatic heterocycles. The Morgan fingerprint density at radius 1 is 1.50 bits per heavy atom. The van der Waals surface area contributed by atoms with Crippen LogP contribution in [-0.4, -0.2) is 11.5 Å². The lowest BCUT2D eigenvalue weighted by Crippen LogP contribution is -2.14. The average molecular weight is 193 g/mol. The zero-order valence-electron chi connectivity index (χ0n) is 7.62. The van der Waals surface area contributed by atoms with Gasteiger partial charge in [-0.1, -0.05) is 0 Å². The second kappa shape index (κ2) is 3.17. The van der Waals surface area contributed by atoms with Crippen LogP contribution in [0.4, 0.5) is 17.1 Å². The molecule has 1 aromatic carbocycles. The van der Waals surface area contributed by atoms with Gasteiger partial charge in [-0.25, -0.2) is 0 Å². The summed E-state index contributed by atoms with van der Waals surface area (Å²) in [4.78, 5) is 10.2. The van der Waals surface area contributed by atoms with Gasteiger partial charge >= 0.3 is 0 Å². The van der Waals surface area contributed by atoms with Gasteiger partial charge in [-0.05, 0) is 18.9 Å². The third-order valence-electron chi connectivity index (χ3n) is 2.45. The van der Waals surface area contributed by atoms with Crippen molar-refractivity contribution in [1.29, 1.82) is 0 Å². The molecule has 5 heteroatoms. The van der Waals surface area contributed by atoms with Crippen molar-refractivity contribution >= 4 is 17.1 Å². The fraction of sp³-hybridized carbons (Fsp3) is 0.333. The molecule has 0 aromatic heterocycles. The molecule has 1 heterocycles. The van der Waals surface area contributed by atoms with Crippen molar-refractivity contribution in [2.24, 2.45) is 0 Å². The lowest BCUT2D eigenvalue weighted by Gasteiger charge is -2.18. The third-order valence-corrected chi connectivity index (χ3v) is 2.45. The van der Waals surface area contributed by atoms with Crippen LogP contribution in [0.5, 0.6) is 0 Å². The Balaban J connectivity index is 2.54. The van der Waals surface area contributed by atoms with Crippen LogP contribution >= 0.6 is 0 Å². The molecule has 0 spiro atoms. The summed E-state index contributed by atoms with van der Waals surface area (Å²) in [6.45, 7) is 0.907. The molecule has 1 aliphatic rings. The zero-order chi connectivity index (χ0) is 10.1. The number of nitro groups is 1. The Morgan fingerprint density at radius 3 is 3.00 bits per heavy atom. The molecule has 0 saturated heterocycles. The van der Waals surface area contributed by atoms with Crippen LogP contribution in [0.1, 0.15) is 12.0 Å². The first kappa shape index (κ1) is 8.80. The minimum absolute atomic E-state index is 0.00690. The highest BCUT2D eigenvalue weighted by atomic mass is 16.6. The fourth-order valence-electron chi connectivity index (χ4n) is 1.73.